The van der Waals surface area contributed by atoms with Gasteiger partial charge in [-0.15, -0.1) is 11.3 Å². The van der Waals surface area contributed by atoms with Crippen LogP contribution in [0, 0.1) is 6.92 Å². The largest absolute Gasteiger partial charge is 0.478 e. The highest BCUT2D eigenvalue weighted by molar-refractivity contribution is 7.15. The van der Waals surface area contributed by atoms with Crippen molar-refractivity contribution in [2.75, 3.05) is 0 Å². The van der Waals surface area contributed by atoms with Crippen LogP contribution in [0.1, 0.15) is 15.2 Å². The Labute approximate surface area is 124 Å². The molecular formula is C15H10ClNO2S. The number of carboxylic acid groups (broad SMARTS) is 1. The maximum absolute atomic E-state index is 11.4. The van der Waals surface area contributed by atoms with Crippen LogP contribution < -0.4 is 0 Å². The van der Waals surface area contributed by atoms with Gasteiger partial charge in [0.15, 0.2) is 0 Å². The minimum absolute atomic E-state index is 0.243. The number of rotatable bonds is 2. The first-order valence-corrected chi connectivity index (χ1v) is 7.14. The molecule has 0 spiro atoms. The zero-order valence-corrected chi connectivity index (χ0v) is 12.1. The highest BCUT2D eigenvalue weighted by Crippen LogP contribution is 2.30. The first-order chi connectivity index (χ1) is 9.54. The van der Waals surface area contributed by atoms with Crippen LogP contribution in [-0.4, -0.2) is 16.1 Å². The molecule has 0 radical (unpaired) electrons. The van der Waals surface area contributed by atoms with Crippen LogP contribution in [0.15, 0.2) is 36.4 Å². The fourth-order valence-electron chi connectivity index (χ4n) is 2.08. The summed E-state index contributed by atoms with van der Waals surface area (Å²) in [7, 11) is 0. The average molecular weight is 304 g/mol. The lowest BCUT2D eigenvalue weighted by Crippen LogP contribution is -1.99. The SMILES string of the molecule is Cc1ccc(-c2cc(C(=O)O)c3ccc(Cl)cc3n2)s1. The fraction of sp³-hybridized carbons (Fsp3) is 0.0667. The van der Waals surface area contributed by atoms with Crippen molar-refractivity contribution in [1.29, 1.82) is 0 Å². The van der Waals surface area contributed by atoms with Crippen molar-refractivity contribution in [2.24, 2.45) is 0 Å². The van der Waals surface area contributed by atoms with Gasteiger partial charge in [-0.2, -0.15) is 0 Å². The molecule has 1 aromatic carbocycles. The molecule has 20 heavy (non-hydrogen) atoms. The number of nitrogens with zero attached hydrogens (tertiary/aromatic N) is 1. The smallest absolute Gasteiger partial charge is 0.336 e. The number of carboxylic acids is 1. The second-order valence-corrected chi connectivity index (χ2v) is 6.16. The molecule has 5 heteroatoms. The number of aromatic nitrogens is 1. The molecule has 0 bridgehead atoms. The van der Waals surface area contributed by atoms with Crippen molar-refractivity contribution in [3.05, 3.63) is 51.9 Å². The molecule has 0 fully saturated rings. The number of fused-ring (bicyclic) bond motifs is 1. The molecular weight excluding hydrogens is 294 g/mol. The summed E-state index contributed by atoms with van der Waals surface area (Å²) in [5, 5.41) is 10.5. The summed E-state index contributed by atoms with van der Waals surface area (Å²) in [6, 6.07) is 10.6. The molecule has 0 amide bonds. The second kappa shape index (κ2) is 4.89. The van der Waals surface area contributed by atoms with Crippen molar-refractivity contribution in [1.82, 2.24) is 4.98 Å². The van der Waals surface area contributed by atoms with E-state index in [0.29, 0.717) is 21.6 Å². The molecule has 3 aromatic rings. The topological polar surface area (TPSA) is 50.2 Å². The molecule has 0 saturated carbocycles. The van der Waals surface area contributed by atoms with Gasteiger partial charge in [0.1, 0.15) is 0 Å². The van der Waals surface area contributed by atoms with Crippen LogP contribution in [0.5, 0.6) is 0 Å². The van der Waals surface area contributed by atoms with E-state index in [4.69, 9.17) is 11.6 Å². The predicted octanol–water partition coefficient (Wildman–Crippen LogP) is 4.62. The average Bonchev–Trinajstić information content (AvgIpc) is 2.83. The molecule has 2 aromatic heterocycles. The third kappa shape index (κ3) is 2.28. The highest BCUT2D eigenvalue weighted by Gasteiger charge is 2.14. The molecule has 100 valence electrons. The molecule has 0 aliphatic heterocycles. The number of pyridine rings is 1. The normalized spacial score (nSPS) is 10.9. The Morgan fingerprint density at radius 2 is 2.05 bits per heavy atom. The van der Waals surface area contributed by atoms with Gasteiger partial charge in [0.05, 0.1) is 21.7 Å². The monoisotopic (exact) mass is 303 g/mol. The summed E-state index contributed by atoms with van der Waals surface area (Å²) in [5.74, 6) is -0.964. The molecule has 1 N–H and O–H groups in total. The van der Waals surface area contributed by atoms with Gasteiger partial charge in [-0.05, 0) is 37.3 Å². The molecule has 2 heterocycles. The quantitative estimate of drug-likeness (QED) is 0.751. The molecule has 0 aliphatic rings. The van der Waals surface area contributed by atoms with Crippen molar-refractivity contribution in [3.8, 4) is 10.6 Å². The highest BCUT2D eigenvalue weighted by atomic mass is 35.5. The van der Waals surface area contributed by atoms with Gasteiger partial charge in [-0.3, -0.25) is 0 Å². The van der Waals surface area contributed by atoms with E-state index >= 15 is 0 Å². The Morgan fingerprint density at radius 1 is 1.25 bits per heavy atom. The summed E-state index contributed by atoms with van der Waals surface area (Å²) < 4.78 is 0. The first-order valence-electron chi connectivity index (χ1n) is 5.95. The summed E-state index contributed by atoms with van der Waals surface area (Å²) in [4.78, 5) is 18.1. The summed E-state index contributed by atoms with van der Waals surface area (Å²) in [5.41, 5.74) is 1.50. The van der Waals surface area contributed by atoms with Gasteiger partial charge in [-0.1, -0.05) is 17.7 Å². The number of hydrogen-bond donors (Lipinski definition) is 1. The Bertz CT molecular complexity index is 826. The van der Waals surface area contributed by atoms with Gasteiger partial charge in [0.25, 0.3) is 0 Å². The molecule has 3 nitrogen and oxygen atoms in total. The fourth-order valence-corrected chi connectivity index (χ4v) is 3.07. The summed E-state index contributed by atoms with van der Waals surface area (Å²) >= 11 is 7.55. The van der Waals surface area contributed by atoms with E-state index in [1.165, 1.54) is 0 Å². The third-order valence-corrected chi connectivity index (χ3v) is 4.25. The van der Waals surface area contributed by atoms with Crippen molar-refractivity contribution in [3.63, 3.8) is 0 Å². The number of halogens is 1. The number of benzene rings is 1. The van der Waals surface area contributed by atoms with Crippen molar-refractivity contribution in [2.45, 2.75) is 6.92 Å². The van der Waals surface area contributed by atoms with Crippen LogP contribution in [0.4, 0.5) is 0 Å². The Hall–Kier alpha value is -1.91. The minimum atomic E-state index is -0.964. The van der Waals surface area contributed by atoms with Crippen LogP contribution in [-0.2, 0) is 0 Å². The Balaban J connectivity index is 2.32. The van der Waals surface area contributed by atoms with Crippen LogP contribution in [0.3, 0.4) is 0 Å². The second-order valence-electron chi connectivity index (χ2n) is 4.43. The lowest BCUT2D eigenvalue weighted by Gasteiger charge is -2.06. The van der Waals surface area contributed by atoms with E-state index in [2.05, 4.69) is 4.98 Å². The summed E-state index contributed by atoms with van der Waals surface area (Å²) in [6.07, 6.45) is 0. The van der Waals surface area contributed by atoms with E-state index < -0.39 is 5.97 Å². The number of aryl methyl sites for hydroxylation is 1. The van der Waals surface area contributed by atoms with E-state index in [0.717, 1.165) is 9.75 Å². The molecule has 0 saturated heterocycles. The number of aromatic carboxylic acids is 1. The van der Waals surface area contributed by atoms with Crippen LogP contribution in [0.25, 0.3) is 21.5 Å². The first kappa shape index (κ1) is 13.1. The number of hydrogen-bond acceptors (Lipinski definition) is 3. The minimum Gasteiger partial charge on any atom is -0.478 e. The zero-order chi connectivity index (χ0) is 14.3. The van der Waals surface area contributed by atoms with Crippen LogP contribution >= 0.6 is 22.9 Å². The van der Waals surface area contributed by atoms with Gasteiger partial charge < -0.3 is 5.11 Å². The van der Waals surface area contributed by atoms with Crippen molar-refractivity contribution >= 4 is 39.8 Å². The lowest BCUT2D eigenvalue weighted by atomic mass is 10.1. The maximum Gasteiger partial charge on any atom is 0.336 e. The summed E-state index contributed by atoms with van der Waals surface area (Å²) in [6.45, 7) is 2.00. The van der Waals surface area contributed by atoms with Crippen LogP contribution in [0.2, 0.25) is 5.02 Å². The van der Waals surface area contributed by atoms with E-state index in [1.807, 2.05) is 19.1 Å². The van der Waals surface area contributed by atoms with E-state index in [1.54, 1.807) is 35.6 Å². The maximum atomic E-state index is 11.4. The molecule has 0 unspecified atom stereocenters. The van der Waals surface area contributed by atoms with Gasteiger partial charge >= 0.3 is 5.97 Å². The molecule has 0 atom stereocenters. The third-order valence-electron chi connectivity index (χ3n) is 3.00. The van der Waals surface area contributed by atoms with Gasteiger partial charge in [-0.25, -0.2) is 9.78 Å². The van der Waals surface area contributed by atoms with Gasteiger partial charge in [0, 0.05) is 15.3 Å². The lowest BCUT2D eigenvalue weighted by molar-refractivity contribution is 0.0699. The number of thiophene rings is 1. The van der Waals surface area contributed by atoms with E-state index in [9.17, 15) is 9.90 Å². The zero-order valence-electron chi connectivity index (χ0n) is 10.6. The predicted molar refractivity (Wildman–Crippen MR) is 81.8 cm³/mol. The Kier molecular flexibility index (Phi) is 3.20. The molecule has 3 rings (SSSR count). The van der Waals surface area contributed by atoms with E-state index in [-0.39, 0.29) is 5.56 Å². The Morgan fingerprint density at radius 3 is 2.70 bits per heavy atom. The van der Waals surface area contributed by atoms with Gasteiger partial charge in [0.2, 0.25) is 0 Å². The van der Waals surface area contributed by atoms with Crippen molar-refractivity contribution < 1.29 is 9.90 Å². The molecule has 0 aliphatic carbocycles. The standard InChI is InChI=1S/C15H10ClNO2S/c1-8-2-5-14(20-8)13-7-11(15(18)19)10-4-3-9(16)6-12(10)17-13/h2-7H,1H3,(H,18,19). The number of carbonyl (C=O) groups is 1.